The third kappa shape index (κ3) is 3.11. The number of nitrogens with zero attached hydrogens (tertiary/aromatic N) is 1. The van der Waals surface area contributed by atoms with Gasteiger partial charge in [-0.1, -0.05) is 32.4 Å². The van der Waals surface area contributed by atoms with Gasteiger partial charge in [0.15, 0.2) is 0 Å². The molecule has 1 heterocycles. The van der Waals surface area contributed by atoms with Crippen molar-refractivity contribution in [2.45, 2.75) is 38.0 Å². The van der Waals surface area contributed by atoms with Crippen LogP contribution in [0.3, 0.4) is 0 Å². The lowest BCUT2D eigenvalue weighted by Crippen LogP contribution is -2.31. The minimum Gasteiger partial charge on any atom is -0.330 e. The van der Waals surface area contributed by atoms with Gasteiger partial charge in [0.25, 0.3) is 15.9 Å². The number of fused-ring (bicyclic) bond motifs is 1. The van der Waals surface area contributed by atoms with Crippen LogP contribution in [0.5, 0.6) is 0 Å². The maximum absolute atomic E-state index is 12.3. The van der Waals surface area contributed by atoms with E-state index in [0.29, 0.717) is 13.0 Å². The van der Waals surface area contributed by atoms with Gasteiger partial charge in [-0.3, -0.25) is 4.79 Å². The van der Waals surface area contributed by atoms with Crippen molar-refractivity contribution in [2.24, 2.45) is 11.1 Å². The van der Waals surface area contributed by atoms with Gasteiger partial charge in [0.1, 0.15) is 4.90 Å². The van der Waals surface area contributed by atoms with E-state index in [4.69, 9.17) is 5.73 Å². The van der Waals surface area contributed by atoms with Crippen LogP contribution in [0.25, 0.3) is 0 Å². The van der Waals surface area contributed by atoms with Gasteiger partial charge in [-0.25, -0.2) is 12.7 Å². The highest BCUT2D eigenvalue weighted by molar-refractivity contribution is 7.90. The molecule has 0 spiro atoms. The molecule has 0 aliphatic carbocycles. The lowest BCUT2D eigenvalue weighted by atomic mass is 9.87. The average Bonchev–Trinajstić information content (AvgIpc) is 2.64. The van der Waals surface area contributed by atoms with Crippen LogP contribution >= 0.6 is 0 Å². The van der Waals surface area contributed by atoms with Crippen LogP contribution in [0.4, 0.5) is 0 Å². The predicted octanol–water partition coefficient (Wildman–Crippen LogP) is 1.99. The monoisotopic (exact) mass is 310 g/mol. The van der Waals surface area contributed by atoms with Gasteiger partial charge in [-0.05, 0) is 36.9 Å². The fourth-order valence-corrected chi connectivity index (χ4v) is 4.02. The van der Waals surface area contributed by atoms with Gasteiger partial charge in [-0.2, -0.15) is 0 Å². The molecule has 0 aromatic heterocycles. The highest BCUT2D eigenvalue weighted by atomic mass is 32.2. The summed E-state index contributed by atoms with van der Waals surface area (Å²) in [5.41, 5.74) is 6.00. The van der Waals surface area contributed by atoms with Crippen molar-refractivity contribution in [1.29, 1.82) is 0 Å². The number of benzene rings is 1. The second-order valence-electron chi connectivity index (χ2n) is 6.20. The summed E-state index contributed by atoms with van der Waals surface area (Å²) < 4.78 is 25.6. The summed E-state index contributed by atoms with van der Waals surface area (Å²) in [6.07, 6.45) is 2.42. The smallest absolute Gasteiger partial charge is 0.269 e. The van der Waals surface area contributed by atoms with Crippen molar-refractivity contribution < 1.29 is 13.2 Å². The fourth-order valence-electron chi connectivity index (χ4n) is 2.41. The Bertz CT molecular complexity index is 638. The Morgan fingerprint density at radius 1 is 1.19 bits per heavy atom. The second kappa shape index (κ2) is 5.77. The molecule has 0 bridgehead atoms. The molecule has 1 amide bonds. The van der Waals surface area contributed by atoms with Gasteiger partial charge >= 0.3 is 0 Å². The second-order valence-corrected chi connectivity index (χ2v) is 8.03. The average molecular weight is 310 g/mol. The summed E-state index contributed by atoms with van der Waals surface area (Å²) >= 11 is 0. The number of rotatable bonds is 6. The van der Waals surface area contributed by atoms with Crippen LogP contribution in [0.2, 0.25) is 0 Å². The van der Waals surface area contributed by atoms with Crippen LogP contribution in [0.15, 0.2) is 29.2 Å². The van der Waals surface area contributed by atoms with Crippen LogP contribution in [-0.2, 0) is 10.0 Å². The fraction of sp³-hybridized carbons (Fsp3) is 0.533. The molecule has 21 heavy (non-hydrogen) atoms. The number of nitrogens with two attached hydrogens (primary N) is 1. The van der Waals surface area contributed by atoms with Crippen molar-refractivity contribution in [3.63, 3.8) is 0 Å². The molecule has 2 N–H and O–H groups in total. The summed E-state index contributed by atoms with van der Waals surface area (Å²) in [4.78, 5) is 12.3. The molecule has 1 aliphatic heterocycles. The minimum absolute atomic E-state index is 0.0524. The SMILES string of the molecule is CC(C)(CN)CCCCN1C(=O)c2ccccc2S1(=O)=O. The summed E-state index contributed by atoms with van der Waals surface area (Å²) in [6.45, 7) is 5.00. The van der Waals surface area contributed by atoms with Crippen molar-refractivity contribution in [3.8, 4) is 0 Å². The first kappa shape index (κ1) is 16.0. The Kier molecular flexibility index (Phi) is 4.39. The Morgan fingerprint density at radius 3 is 2.48 bits per heavy atom. The van der Waals surface area contributed by atoms with Gasteiger partial charge in [-0.15, -0.1) is 0 Å². The number of carbonyl (C=O) groups is 1. The van der Waals surface area contributed by atoms with E-state index in [0.717, 1.165) is 17.1 Å². The van der Waals surface area contributed by atoms with Gasteiger partial charge in [0.05, 0.1) is 5.56 Å². The first-order chi connectivity index (χ1) is 9.79. The zero-order valence-corrected chi connectivity index (χ0v) is 13.3. The van der Waals surface area contributed by atoms with E-state index in [-0.39, 0.29) is 22.4 Å². The number of carbonyl (C=O) groups excluding carboxylic acids is 1. The molecular formula is C15H22N2O3S. The molecule has 5 nitrogen and oxygen atoms in total. The molecule has 0 atom stereocenters. The molecule has 0 saturated heterocycles. The van der Waals surface area contributed by atoms with Crippen molar-refractivity contribution in [2.75, 3.05) is 13.1 Å². The van der Waals surface area contributed by atoms with Gasteiger partial charge in [0, 0.05) is 6.54 Å². The Labute approximate surface area is 126 Å². The summed E-state index contributed by atoms with van der Waals surface area (Å²) in [7, 11) is -3.66. The summed E-state index contributed by atoms with van der Waals surface area (Å²) in [5, 5.41) is 0. The lowest BCUT2D eigenvalue weighted by Gasteiger charge is -2.22. The van der Waals surface area contributed by atoms with Crippen molar-refractivity contribution in [3.05, 3.63) is 29.8 Å². The molecule has 6 heteroatoms. The molecule has 1 aromatic rings. The van der Waals surface area contributed by atoms with E-state index in [1.54, 1.807) is 18.2 Å². The number of sulfonamides is 1. The Balaban J connectivity index is 2.02. The summed E-state index contributed by atoms with van der Waals surface area (Å²) in [5.74, 6) is -0.413. The Morgan fingerprint density at radius 2 is 1.86 bits per heavy atom. The van der Waals surface area contributed by atoms with E-state index in [1.165, 1.54) is 6.07 Å². The van der Waals surface area contributed by atoms with Crippen molar-refractivity contribution >= 4 is 15.9 Å². The molecule has 0 unspecified atom stereocenters. The molecular weight excluding hydrogens is 288 g/mol. The number of amides is 1. The molecule has 2 rings (SSSR count). The number of hydrogen-bond donors (Lipinski definition) is 1. The third-order valence-corrected chi connectivity index (χ3v) is 5.77. The molecule has 0 radical (unpaired) electrons. The molecule has 116 valence electrons. The first-order valence-corrected chi connectivity index (χ1v) is 8.60. The maximum atomic E-state index is 12.3. The van der Waals surface area contributed by atoms with Crippen LogP contribution in [0.1, 0.15) is 43.5 Å². The van der Waals surface area contributed by atoms with Crippen LogP contribution in [0, 0.1) is 5.41 Å². The number of unbranched alkanes of at least 4 members (excludes halogenated alkanes) is 1. The van der Waals surface area contributed by atoms with E-state index >= 15 is 0 Å². The maximum Gasteiger partial charge on any atom is 0.269 e. The third-order valence-electron chi connectivity index (χ3n) is 3.93. The van der Waals surface area contributed by atoms with Gasteiger partial charge < -0.3 is 5.73 Å². The zero-order valence-electron chi connectivity index (χ0n) is 12.5. The van der Waals surface area contributed by atoms with E-state index < -0.39 is 15.9 Å². The highest BCUT2D eigenvalue weighted by Crippen LogP contribution is 2.30. The first-order valence-electron chi connectivity index (χ1n) is 7.16. The van der Waals surface area contributed by atoms with Crippen LogP contribution in [-0.4, -0.2) is 31.7 Å². The molecule has 0 saturated carbocycles. The standard InChI is InChI=1S/C15H22N2O3S/c1-15(2,11-16)9-5-6-10-17-14(18)12-7-3-4-8-13(12)21(17,19)20/h3-4,7-8H,5-6,9-11,16H2,1-2H3. The molecule has 0 fully saturated rings. The number of hydrogen-bond acceptors (Lipinski definition) is 4. The van der Waals surface area contributed by atoms with E-state index in [2.05, 4.69) is 13.8 Å². The Hall–Kier alpha value is -1.40. The highest BCUT2D eigenvalue weighted by Gasteiger charge is 2.40. The lowest BCUT2D eigenvalue weighted by molar-refractivity contribution is 0.0869. The van der Waals surface area contributed by atoms with E-state index in [1.807, 2.05) is 0 Å². The zero-order chi connectivity index (χ0) is 15.7. The van der Waals surface area contributed by atoms with E-state index in [9.17, 15) is 13.2 Å². The van der Waals surface area contributed by atoms with Crippen molar-refractivity contribution in [1.82, 2.24) is 4.31 Å². The van der Waals surface area contributed by atoms with Gasteiger partial charge in [0.2, 0.25) is 0 Å². The summed E-state index contributed by atoms with van der Waals surface area (Å²) in [6, 6.07) is 6.36. The molecule has 1 aromatic carbocycles. The van der Waals surface area contributed by atoms with Crippen LogP contribution < -0.4 is 5.73 Å². The molecule has 1 aliphatic rings. The minimum atomic E-state index is -3.66. The quantitative estimate of drug-likeness (QED) is 0.815. The predicted molar refractivity (Wildman–Crippen MR) is 81.4 cm³/mol. The normalized spacial score (nSPS) is 17.1. The largest absolute Gasteiger partial charge is 0.330 e. The topological polar surface area (TPSA) is 80.5 Å².